The molecule has 0 bridgehead atoms. The Morgan fingerprint density at radius 1 is 0.674 bits per heavy atom. The van der Waals surface area contributed by atoms with Crippen molar-refractivity contribution in [3.63, 3.8) is 0 Å². The van der Waals surface area contributed by atoms with Crippen LogP contribution >= 0.6 is 0 Å². The summed E-state index contributed by atoms with van der Waals surface area (Å²) in [6.07, 6.45) is 19.3. The Bertz CT molecular complexity index is 1230. The number of pyridine rings is 2. The van der Waals surface area contributed by atoms with Gasteiger partial charge in [0.25, 0.3) is 0 Å². The molecule has 0 amide bonds. The normalized spacial score (nSPS) is 22.4. The first-order chi connectivity index (χ1) is 21.4. The molecule has 2 aliphatic rings. The Balaban J connectivity index is 1.10. The maximum absolute atomic E-state index is 6.54. The van der Waals surface area contributed by atoms with Crippen molar-refractivity contribution in [1.29, 1.82) is 0 Å². The molecule has 0 saturated heterocycles. The van der Waals surface area contributed by atoms with Crippen LogP contribution in [0.25, 0.3) is 6.08 Å². The third-order valence-corrected chi connectivity index (χ3v) is 8.99. The molecule has 0 atom stereocenters. The zero-order valence-corrected chi connectivity index (χ0v) is 30.5. The average Bonchev–Trinajstić information content (AvgIpc) is 2.90. The predicted molar refractivity (Wildman–Crippen MR) is 188 cm³/mol. The van der Waals surface area contributed by atoms with Gasteiger partial charge < -0.3 is 18.9 Å². The summed E-state index contributed by atoms with van der Waals surface area (Å²) in [6.45, 7) is 22.3. The van der Waals surface area contributed by atoms with Gasteiger partial charge in [-0.25, -0.2) is 0 Å². The maximum atomic E-state index is 6.54. The van der Waals surface area contributed by atoms with Crippen molar-refractivity contribution in [2.45, 2.75) is 169 Å². The molecular weight excluding hydrogens is 572 g/mol. The molecule has 0 aromatic carbocycles. The van der Waals surface area contributed by atoms with Crippen LogP contribution in [0.4, 0.5) is 0 Å². The largest absolute Gasteiger partial charge is 0.489 e. The van der Waals surface area contributed by atoms with Gasteiger partial charge in [0.1, 0.15) is 23.7 Å². The number of hydrogen-bond acceptors (Lipinski definition) is 6. The molecule has 2 fully saturated rings. The van der Waals surface area contributed by atoms with Gasteiger partial charge in [0.05, 0.1) is 41.5 Å². The van der Waals surface area contributed by atoms with Crippen molar-refractivity contribution in [2.24, 2.45) is 10.8 Å². The fourth-order valence-electron chi connectivity index (χ4n) is 6.04. The summed E-state index contributed by atoms with van der Waals surface area (Å²) in [7, 11) is 0. The minimum Gasteiger partial charge on any atom is -0.489 e. The van der Waals surface area contributed by atoms with Crippen molar-refractivity contribution in [2.75, 3.05) is 0 Å². The Kier molecular flexibility index (Phi) is 12.0. The zero-order chi connectivity index (χ0) is 33.6. The number of rotatable bonds is 16. The zero-order valence-electron chi connectivity index (χ0n) is 30.5. The molecule has 2 aromatic heterocycles. The third kappa shape index (κ3) is 13.0. The number of aryl methyl sites for hydroxylation is 1. The molecule has 0 spiro atoms. The molecule has 4 rings (SSSR count). The van der Waals surface area contributed by atoms with Gasteiger partial charge in [0, 0.05) is 31.4 Å². The van der Waals surface area contributed by atoms with E-state index in [0.717, 1.165) is 74.3 Å². The lowest BCUT2D eigenvalue weighted by Gasteiger charge is -2.41. The highest BCUT2D eigenvalue weighted by Gasteiger charge is 2.37. The van der Waals surface area contributed by atoms with Gasteiger partial charge >= 0.3 is 0 Å². The molecule has 0 aliphatic heterocycles. The van der Waals surface area contributed by atoms with Gasteiger partial charge in [-0.1, -0.05) is 40.7 Å². The fourth-order valence-corrected chi connectivity index (χ4v) is 6.04. The van der Waals surface area contributed by atoms with E-state index in [4.69, 9.17) is 18.9 Å². The van der Waals surface area contributed by atoms with Gasteiger partial charge in [-0.05, 0) is 114 Å². The summed E-state index contributed by atoms with van der Waals surface area (Å²) in [6, 6.07) is 8.24. The SMILES string of the molecule is CC(C)(C)CCCc1ccc(OC2CC(OC(C)(C)CCC(C)(C)C/C=C/c3ccc(OC4CC(OC(C)(C)C)C4)cn3)C2)cn1. The standard InChI is InChI=1S/C40H62N2O4/c1-37(2,3)19-11-13-29-15-17-32(27-41-29)44-34-25-36(26-34)46-40(9,10)22-21-39(7,8)20-12-14-30-16-18-31(28-42-30)43-33-23-35(24-33)45-38(4,5)6/h12,14-18,27-28,33-36H,11,13,19-26H2,1-10H3/b14-12+. The minimum absolute atomic E-state index is 0.0992. The van der Waals surface area contributed by atoms with Crippen LogP contribution < -0.4 is 9.47 Å². The van der Waals surface area contributed by atoms with Crippen molar-refractivity contribution >= 4 is 6.08 Å². The van der Waals surface area contributed by atoms with E-state index in [1.54, 1.807) is 0 Å². The smallest absolute Gasteiger partial charge is 0.138 e. The molecule has 2 heterocycles. The lowest BCUT2D eigenvalue weighted by molar-refractivity contribution is -0.139. The first-order valence-electron chi connectivity index (χ1n) is 17.7. The molecule has 2 aromatic rings. The lowest BCUT2D eigenvalue weighted by atomic mass is 9.81. The second kappa shape index (κ2) is 15.2. The Hall–Kier alpha value is -2.44. The van der Waals surface area contributed by atoms with Crippen LogP contribution in [0.2, 0.25) is 0 Å². The van der Waals surface area contributed by atoms with Crippen LogP contribution in [-0.2, 0) is 15.9 Å². The number of ether oxygens (including phenoxy) is 4. The number of allylic oxidation sites excluding steroid dienone is 1. The van der Waals surface area contributed by atoms with E-state index < -0.39 is 0 Å². The second-order valence-corrected chi connectivity index (χ2v) is 17.4. The average molecular weight is 635 g/mol. The Labute approximate surface area is 280 Å². The molecule has 0 unspecified atom stereocenters. The first kappa shape index (κ1) is 36.4. The van der Waals surface area contributed by atoms with E-state index >= 15 is 0 Å². The van der Waals surface area contributed by atoms with E-state index in [0.29, 0.717) is 11.5 Å². The van der Waals surface area contributed by atoms with Gasteiger partial charge in [0.2, 0.25) is 0 Å². The Morgan fingerprint density at radius 3 is 1.78 bits per heavy atom. The predicted octanol–water partition coefficient (Wildman–Crippen LogP) is 10.2. The van der Waals surface area contributed by atoms with Crippen LogP contribution in [0.15, 0.2) is 42.7 Å². The van der Waals surface area contributed by atoms with E-state index in [-0.39, 0.29) is 34.9 Å². The van der Waals surface area contributed by atoms with Crippen molar-refractivity contribution in [3.05, 3.63) is 54.1 Å². The van der Waals surface area contributed by atoms with E-state index in [2.05, 4.69) is 103 Å². The number of aromatic nitrogens is 2. The molecule has 0 radical (unpaired) electrons. The number of nitrogens with zero attached hydrogens (tertiary/aromatic N) is 2. The highest BCUT2D eigenvalue weighted by molar-refractivity contribution is 5.45. The topological polar surface area (TPSA) is 62.7 Å². The minimum atomic E-state index is -0.163. The van der Waals surface area contributed by atoms with Crippen LogP contribution in [0.3, 0.4) is 0 Å². The van der Waals surface area contributed by atoms with Crippen LogP contribution in [-0.4, -0.2) is 45.6 Å². The maximum Gasteiger partial charge on any atom is 0.138 e. The van der Waals surface area contributed by atoms with E-state index in [1.807, 2.05) is 24.5 Å². The molecule has 0 N–H and O–H groups in total. The summed E-state index contributed by atoms with van der Waals surface area (Å²) in [5.74, 6) is 1.70. The highest BCUT2D eigenvalue weighted by atomic mass is 16.5. The van der Waals surface area contributed by atoms with Crippen molar-refractivity contribution in [1.82, 2.24) is 9.97 Å². The van der Waals surface area contributed by atoms with E-state index in [1.165, 1.54) is 12.8 Å². The summed E-state index contributed by atoms with van der Waals surface area (Å²) in [4.78, 5) is 9.23. The van der Waals surface area contributed by atoms with Crippen LogP contribution in [0.1, 0.15) is 138 Å². The van der Waals surface area contributed by atoms with Crippen molar-refractivity contribution < 1.29 is 18.9 Å². The summed E-state index contributed by atoms with van der Waals surface area (Å²) in [5.41, 5.74) is 2.39. The summed E-state index contributed by atoms with van der Waals surface area (Å²) in [5, 5.41) is 0. The van der Waals surface area contributed by atoms with Gasteiger partial charge in [0.15, 0.2) is 0 Å². The number of hydrogen-bond donors (Lipinski definition) is 0. The first-order valence-corrected chi connectivity index (χ1v) is 17.7. The molecule has 6 nitrogen and oxygen atoms in total. The molecule has 6 heteroatoms. The molecular formula is C40H62N2O4. The molecule has 256 valence electrons. The summed E-state index contributed by atoms with van der Waals surface area (Å²) < 4.78 is 24.8. The Morgan fingerprint density at radius 2 is 1.26 bits per heavy atom. The fraction of sp³-hybridized carbons (Fsp3) is 0.700. The van der Waals surface area contributed by atoms with Crippen LogP contribution in [0.5, 0.6) is 11.5 Å². The van der Waals surface area contributed by atoms with Gasteiger partial charge in [-0.3, -0.25) is 9.97 Å². The molecule has 46 heavy (non-hydrogen) atoms. The molecule has 2 saturated carbocycles. The lowest BCUT2D eigenvalue weighted by Crippen LogP contribution is -2.44. The van der Waals surface area contributed by atoms with Gasteiger partial charge in [-0.2, -0.15) is 0 Å². The molecule has 2 aliphatic carbocycles. The second-order valence-electron chi connectivity index (χ2n) is 17.4. The summed E-state index contributed by atoms with van der Waals surface area (Å²) >= 11 is 0. The van der Waals surface area contributed by atoms with Crippen molar-refractivity contribution in [3.8, 4) is 11.5 Å². The third-order valence-electron chi connectivity index (χ3n) is 8.99. The highest BCUT2D eigenvalue weighted by Crippen LogP contribution is 2.36. The van der Waals surface area contributed by atoms with E-state index in [9.17, 15) is 0 Å². The van der Waals surface area contributed by atoms with Crippen LogP contribution in [0, 0.1) is 10.8 Å². The van der Waals surface area contributed by atoms with Gasteiger partial charge in [-0.15, -0.1) is 0 Å². The monoisotopic (exact) mass is 634 g/mol. The quantitative estimate of drug-likeness (QED) is 0.183.